The number of ether oxygens (including phenoxy) is 3. The Balaban J connectivity index is 1.71. The number of rotatable bonds is 10. The van der Waals surface area contributed by atoms with Gasteiger partial charge in [-0.15, -0.1) is 0 Å². The predicted molar refractivity (Wildman–Crippen MR) is 148 cm³/mol. The molecule has 0 aliphatic carbocycles. The first-order chi connectivity index (χ1) is 18.5. The first kappa shape index (κ1) is 29.3. The molecule has 0 aromatic heterocycles. The lowest BCUT2D eigenvalue weighted by Crippen LogP contribution is -2.44. The number of hydrazone groups is 1. The van der Waals surface area contributed by atoms with Crippen molar-refractivity contribution >= 4 is 56.9 Å². The molecule has 1 atom stereocenters. The maximum absolute atomic E-state index is 12.3. The minimum absolute atomic E-state index is 0.0492. The van der Waals surface area contributed by atoms with Gasteiger partial charge in [-0.2, -0.15) is 5.10 Å². The second kappa shape index (κ2) is 12.5. The SMILES string of the molecule is COc1cc(C2NC(=S)NC(C)=C2C(C)=O)ccc1OCC(=O)N/N=C/c1cc(OC)c(O)c([N+](=O)[O-])c1Br. The molecule has 2 aromatic carbocycles. The van der Waals surface area contributed by atoms with Crippen LogP contribution >= 0.6 is 28.1 Å². The van der Waals surface area contributed by atoms with Gasteiger partial charge < -0.3 is 30.0 Å². The second-order valence-electron chi connectivity index (χ2n) is 8.05. The number of aromatic hydroxyl groups is 1. The number of allylic oxidation sites excluding steroid dienone is 1. The van der Waals surface area contributed by atoms with E-state index in [9.17, 15) is 24.8 Å². The zero-order valence-electron chi connectivity index (χ0n) is 21.2. The maximum atomic E-state index is 12.3. The number of amides is 1. The van der Waals surface area contributed by atoms with Crippen LogP contribution in [-0.2, 0) is 9.59 Å². The number of methoxy groups -OCH3 is 2. The highest BCUT2D eigenvalue weighted by Gasteiger charge is 2.29. The third-order valence-corrected chi connectivity index (χ3v) is 6.58. The van der Waals surface area contributed by atoms with Gasteiger partial charge in [-0.05, 0) is 65.8 Å². The molecular weight excluding hydrogens is 598 g/mol. The molecule has 1 aliphatic heterocycles. The van der Waals surface area contributed by atoms with E-state index in [-0.39, 0.29) is 27.3 Å². The molecule has 0 saturated heterocycles. The van der Waals surface area contributed by atoms with Gasteiger partial charge in [0.15, 0.2) is 34.8 Å². The summed E-state index contributed by atoms with van der Waals surface area (Å²) in [6.45, 7) is 2.81. The summed E-state index contributed by atoms with van der Waals surface area (Å²) in [7, 11) is 2.68. The van der Waals surface area contributed by atoms with E-state index in [0.717, 1.165) is 6.21 Å². The summed E-state index contributed by atoms with van der Waals surface area (Å²) in [5.74, 6) is -0.947. The van der Waals surface area contributed by atoms with E-state index in [1.807, 2.05) is 0 Å². The van der Waals surface area contributed by atoms with Gasteiger partial charge in [-0.3, -0.25) is 19.7 Å². The summed E-state index contributed by atoms with van der Waals surface area (Å²) in [4.78, 5) is 35.1. The summed E-state index contributed by atoms with van der Waals surface area (Å²) in [5, 5.41) is 31.5. The number of benzene rings is 2. The van der Waals surface area contributed by atoms with Crippen LogP contribution in [0.3, 0.4) is 0 Å². The fraction of sp³-hybridized carbons (Fsp3) is 0.250. The van der Waals surface area contributed by atoms with E-state index >= 15 is 0 Å². The van der Waals surface area contributed by atoms with E-state index in [4.69, 9.17) is 26.4 Å². The number of ketones is 1. The molecule has 1 amide bonds. The highest BCUT2D eigenvalue weighted by Crippen LogP contribution is 2.43. The number of thiocarbonyl (C=S) groups is 1. The standard InChI is InChI=1S/C24H24BrN5O8S/c1-11-19(12(2)31)21(28-24(39)27-11)13-5-6-15(16(7-13)36-3)38-10-18(32)29-26-9-14-8-17(37-4)23(33)22(20(14)25)30(34)35/h5-9,21,33H,10H2,1-4H3,(H,29,32)(H2,27,28,39)/b26-9+. The zero-order valence-corrected chi connectivity index (χ0v) is 23.6. The summed E-state index contributed by atoms with van der Waals surface area (Å²) in [6.07, 6.45) is 1.14. The van der Waals surface area contributed by atoms with Gasteiger partial charge in [0.05, 0.1) is 31.4 Å². The van der Waals surface area contributed by atoms with Crippen LogP contribution in [0.25, 0.3) is 0 Å². The summed E-state index contributed by atoms with van der Waals surface area (Å²) in [6, 6.07) is 5.81. The van der Waals surface area contributed by atoms with E-state index < -0.39 is 34.9 Å². The van der Waals surface area contributed by atoms with Crippen molar-refractivity contribution in [1.29, 1.82) is 0 Å². The maximum Gasteiger partial charge on any atom is 0.329 e. The highest BCUT2D eigenvalue weighted by atomic mass is 79.9. The lowest BCUT2D eigenvalue weighted by molar-refractivity contribution is -0.386. The van der Waals surface area contributed by atoms with Gasteiger partial charge in [-0.25, -0.2) is 5.43 Å². The fourth-order valence-corrected chi connectivity index (χ4v) is 4.61. The number of hydrogen-bond donors (Lipinski definition) is 4. The summed E-state index contributed by atoms with van der Waals surface area (Å²) < 4.78 is 15.9. The third kappa shape index (κ3) is 6.61. The Bertz CT molecular complexity index is 1410. The third-order valence-electron chi connectivity index (χ3n) is 5.53. The van der Waals surface area contributed by atoms with E-state index in [0.29, 0.717) is 27.7 Å². The van der Waals surface area contributed by atoms with Crippen molar-refractivity contribution < 1.29 is 33.8 Å². The van der Waals surface area contributed by atoms with Crippen molar-refractivity contribution in [2.75, 3.05) is 20.8 Å². The first-order valence-corrected chi connectivity index (χ1v) is 12.3. The number of nitro groups is 1. The molecule has 1 aliphatic rings. The smallest absolute Gasteiger partial charge is 0.329 e. The molecule has 1 unspecified atom stereocenters. The Labute approximate surface area is 236 Å². The second-order valence-corrected chi connectivity index (χ2v) is 9.26. The van der Waals surface area contributed by atoms with E-state index in [1.165, 1.54) is 27.2 Å². The van der Waals surface area contributed by atoms with Crippen molar-refractivity contribution in [3.63, 3.8) is 0 Å². The van der Waals surface area contributed by atoms with Crippen LogP contribution in [0.2, 0.25) is 0 Å². The summed E-state index contributed by atoms with van der Waals surface area (Å²) >= 11 is 8.29. The van der Waals surface area contributed by atoms with Gasteiger partial charge in [0.1, 0.15) is 4.47 Å². The van der Waals surface area contributed by atoms with Crippen LogP contribution in [0.1, 0.15) is 31.0 Å². The van der Waals surface area contributed by atoms with Crippen molar-refractivity contribution in [3.8, 4) is 23.0 Å². The molecule has 13 nitrogen and oxygen atoms in total. The number of phenolic OH excluding ortho intramolecular Hbond substituents is 1. The Kier molecular flexibility index (Phi) is 9.42. The topological polar surface area (TPSA) is 174 Å². The fourth-order valence-electron chi connectivity index (χ4n) is 3.79. The number of nitro benzene ring substituents is 1. The lowest BCUT2D eigenvalue weighted by atomic mass is 9.93. The number of carbonyl (C=O) groups is 2. The molecule has 0 radical (unpaired) electrons. The number of nitrogens with zero attached hydrogens (tertiary/aromatic N) is 2. The Morgan fingerprint density at radius 2 is 1.95 bits per heavy atom. The zero-order chi connectivity index (χ0) is 28.9. The molecule has 0 spiro atoms. The average molecular weight is 622 g/mol. The largest absolute Gasteiger partial charge is 0.499 e. The number of carbonyl (C=O) groups excluding carboxylic acids is 2. The van der Waals surface area contributed by atoms with Crippen LogP contribution in [0.4, 0.5) is 5.69 Å². The summed E-state index contributed by atoms with van der Waals surface area (Å²) in [5.41, 5.74) is 3.70. The molecule has 206 valence electrons. The molecule has 0 saturated carbocycles. The van der Waals surface area contributed by atoms with Crippen molar-refractivity contribution in [2.45, 2.75) is 19.9 Å². The quantitative estimate of drug-likeness (QED) is 0.133. The van der Waals surface area contributed by atoms with Crippen molar-refractivity contribution in [3.05, 3.63) is 61.2 Å². The Hall–Kier alpha value is -4.24. The number of hydrogen-bond acceptors (Lipinski definition) is 10. The average Bonchev–Trinajstić information content (AvgIpc) is 2.87. The van der Waals surface area contributed by atoms with Gasteiger partial charge in [0.25, 0.3) is 5.91 Å². The number of Topliss-reactive ketones (excluding diaryl/α,β-unsaturated/α-hetero) is 1. The van der Waals surface area contributed by atoms with E-state index in [2.05, 4.69) is 37.1 Å². The minimum atomic E-state index is -0.780. The van der Waals surface area contributed by atoms with E-state index in [1.54, 1.807) is 25.1 Å². The molecule has 0 fully saturated rings. The minimum Gasteiger partial charge on any atom is -0.499 e. The van der Waals surface area contributed by atoms with Crippen LogP contribution in [0.5, 0.6) is 23.0 Å². The van der Waals surface area contributed by atoms with Crippen LogP contribution in [-0.4, -0.2) is 53.9 Å². The Morgan fingerprint density at radius 3 is 2.56 bits per heavy atom. The van der Waals surface area contributed by atoms with Gasteiger partial charge in [0, 0.05) is 16.8 Å². The van der Waals surface area contributed by atoms with Gasteiger partial charge in [0.2, 0.25) is 5.75 Å². The molecule has 2 aromatic rings. The monoisotopic (exact) mass is 621 g/mol. The van der Waals surface area contributed by atoms with Crippen molar-refractivity contribution in [2.24, 2.45) is 5.10 Å². The van der Waals surface area contributed by atoms with Crippen molar-refractivity contribution in [1.82, 2.24) is 16.1 Å². The molecular formula is C24H24BrN5O8S. The normalized spacial score (nSPS) is 14.9. The first-order valence-electron chi connectivity index (χ1n) is 11.1. The molecule has 1 heterocycles. The molecule has 4 N–H and O–H groups in total. The lowest BCUT2D eigenvalue weighted by Gasteiger charge is -2.30. The molecule has 3 rings (SSSR count). The number of phenols is 1. The number of nitrogens with one attached hydrogen (secondary N) is 3. The molecule has 15 heteroatoms. The van der Waals surface area contributed by atoms with Gasteiger partial charge in [-0.1, -0.05) is 6.07 Å². The molecule has 39 heavy (non-hydrogen) atoms. The Morgan fingerprint density at radius 1 is 1.26 bits per heavy atom. The number of halogens is 1. The molecule has 0 bridgehead atoms. The van der Waals surface area contributed by atoms with Crippen LogP contribution in [0.15, 0.2) is 45.1 Å². The van der Waals surface area contributed by atoms with Gasteiger partial charge >= 0.3 is 5.69 Å². The highest BCUT2D eigenvalue weighted by molar-refractivity contribution is 9.10. The predicted octanol–water partition coefficient (Wildman–Crippen LogP) is 2.99. The van der Waals surface area contributed by atoms with Crippen LogP contribution < -0.4 is 30.3 Å². The van der Waals surface area contributed by atoms with Crippen LogP contribution in [0, 0.1) is 10.1 Å².